The van der Waals surface area contributed by atoms with E-state index in [1.54, 1.807) is 12.1 Å². The number of halogens is 1. The molecule has 2 aliphatic heterocycles. The Bertz CT molecular complexity index is 750. The van der Waals surface area contributed by atoms with E-state index in [2.05, 4.69) is 17.1 Å². The van der Waals surface area contributed by atoms with Crippen molar-refractivity contribution in [2.24, 2.45) is 5.16 Å². The Morgan fingerprint density at radius 3 is 2.92 bits per heavy atom. The van der Waals surface area contributed by atoms with Gasteiger partial charge in [0.25, 0.3) is 5.91 Å². The monoisotopic (exact) mass is 348 g/mol. The van der Waals surface area contributed by atoms with Crippen molar-refractivity contribution in [2.75, 3.05) is 6.61 Å². The van der Waals surface area contributed by atoms with Crippen LogP contribution in [-0.4, -0.2) is 47.0 Å². The molecule has 1 unspecified atom stereocenters. The molecular formula is C17H17FN2O5. The molecule has 3 atom stereocenters. The number of oxime groups is 1. The third-order valence-corrected chi connectivity index (χ3v) is 4.23. The van der Waals surface area contributed by atoms with E-state index < -0.39 is 35.4 Å². The maximum absolute atomic E-state index is 13.4. The summed E-state index contributed by atoms with van der Waals surface area (Å²) < 4.78 is 18.5. The van der Waals surface area contributed by atoms with Crippen LogP contribution in [0.1, 0.15) is 18.4 Å². The first-order chi connectivity index (χ1) is 11.9. The summed E-state index contributed by atoms with van der Waals surface area (Å²) in [5.74, 6) is -1.97. The van der Waals surface area contributed by atoms with Crippen LogP contribution >= 0.6 is 0 Å². The maximum atomic E-state index is 13.4. The van der Waals surface area contributed by atoms with Crippen molar-refractivity contribution < 1.29 is 28.7 Å². The SMILES string of the molecule is C=CC1(C(=O)N[C@H]2CO[C@@H](C(=O)O)C2)CC(c2cccc(F)c2)=NO1. The lowest BCUT2D eigenvalue weighted by Crippen LogP contribution is -2.49. The molecule has 1 amide bonds. The maximum Gasteiger partial charge on any atom is 0.332 e. The smallest absolute Gasteiger partial charge is 0.332 e. The number of hydrogen-bond donors (Lipinski definition) is 2. The van der Waals surface area contributed by atoms with Crippen LogP contribution in [0.2, 0.25) is 0 Å². The normalized spacial score (nSPS) is 28.1. The van der Waals surface area contributed by atoms with Crippen molar-refractivity contribution in [3.05, 3.63) is 48.3 Å². The lowest BCUT2D eigenvalue weighted by atomic mass is 9.93. The summed E-state index contributed by atoms with van der Waals surface area (Å²) in [4.78, 5) is 28.8. The summed E-state index contributed by atoms with van der Waals surface area (Å²) in [6, 6.07) is 5.40. The topological polar surface area (TPSA) is 97.2 Å². The first kappa shape index (κ1) is 17.1. The van der Waals surface area contributed by atoms with Crippen molar-refractivity contribution >= 4 is 17.6 Å². The van der Waals surface area contributed by atoms with Gasteiger partial charge >= 0.3 is 5.97 Å². The van der Waals surface area contributed by atoms with Crippen LogP contribution in [0.4, 0.5) is 4.39 Å². The van der Waals surface area contributed by atoms with Crippen molar-refractivity contribution in [3.63, 3.8) is 0 Å². The number of rotatable bonds is 5. The quantitative estimate of drug-likeness (QED) is 0.780. The summed E-state index contributed by atoms with van der Waals surface area (Å²) in [6.45, 7) is 3.75. The molecular weight excluding hydrogens is 331 g/mol. The Morgan fingerprint density at radius 2 is 2.28 bits per heavy atom. The number of nitrogens with zero attached hydrogens (tertiary/aromatic N) is 1. The van der Waals surface area contributed by atoms with Gasteiger partial charge in [-0.25, -0.2) is 9.18 Å². The van der Waals surface area contributed by atoms with Crippen LogP contribution in [0.15, 0.2) is 42.1 Å². The van der Waals surface area contributed by atoms with Gasteiger partial charge in [-0.3, -0.25) is 4.79 Å². The summed E-state index contributed by atoms with van der Waals surface area (Å²) >= 11 is 0. The van der Waals surface area contributed by atoms with E-state index >= 15 is 0 Å². The summed E-state index contributed by atoms with van der Waals surface area (Å²) in [5, 5.41) is 15.5. The van der Waals surface area contributed by atoms with Gasteiger partial charge in [0.15, 0.2) is 6.10 Å². The highest BCUT2D eigenvalue weighted by atomic mass is 19.1. The second-order valence-electron chi connectivity index (χ2n) is 5.98. The molecule has 7 nitrogen and oxygen atoms in total. The fourth-order valence-corrected chi connectivity index (χ4v) is 2.80. The molecule has 1 fully saturated rings. The van der Waals surface area contributed by atoms with E-state index in [9.17, 15) is 14.0 Å². The number of hydrogen-bond acceptors (Lipinski definition) is 5. The van der Waals surface area contributed by atoms with Gasteiger partial charge in [0.2, 0.25) is 5.60 Å². The Balaban J connectivity index is 1.67. The number of carboxylic acids is 1. The van der Waals surface area contributed by atoms with Crippen molar-refractivity contribution in [1.29, 1.82) is 0 Å². The number of carbonyl (C=O) groups is 2. The van der Waals surface area contributed by atoms with E-state index in [-0.39, 0.29) is 19.4 Å². The van der Waals surface area contributed by atoms with Gasteiger partial charge in [0.1, 0.15) is 5.82 Å². The Hall–Kier alpha value is -2.74. The van der Waals surface area contributed by atoms with E-state index in [4.69, 9.17) is 14.7 Å². The standard InChI is InChI=1S/C17H17FN2O5/c1-2-17(16(23)19-12-7-14(15(21)22)24-9-12)8-13(20-25-17)10-4-3-5-11(18)6-10/h2-6,12,14H,1,7-9H2,(H,19,23)(H,21,22)/t12-,14-,17?/m1/s1. The molecule has 1 saturated heterocycles. The van der Waals surface area contributed by atoms with E-state index in [1.807, 2.05) is 0 Å². The van der Waals surface area contributed by atoms with Crippen LogP contribution < -0.4 is 5.32 Å². The van der Waals surface area contributed by atoms with Gasteiger partial charge in [0, 0.05) is 18.4 Å². The molecule has 0 radical (unpaired) electrons. The predicted octanol–water partition coefficient (Wildman–Crippen LogP) is 1.23. The van der Waals surface area contributed by atoms with Gasteiger partial charge in [-0.1, -0.05) is 23.9 Å². The van der Waals surface area contributed by atoms with Crippen LogP contribution in [0, 0.1) is 5.82 Å². The number of ether oxygens (including phenoxy) is 1. The Labute approximate surface area is 143 Å². The minimum Gasteiger partial charge on any atom is -0.479 e. The highest BCUT2D eigenvalue weighted by molar-refractivity contribution is 6.06. The first-order valence-corrected chi connectivity index (χ1v) is 7.73. The minimum atomic E-state index is -1.41. The number of carboxylic acid groups (broad SMARTS) is 1. The van der Waals surface area contributed by atoms with Gasteiger partial charge in [-0.15, -0.1) is 0 Å². The Morgan fingerprint density at radius 1 is 1.48 bits per heavy atom. The number of benzene rings is 1. The van der Waals surface area contributed by atoms with E-state index in [0.29, 0.717) is 11.3 Å². The molecule has 0 spiro atoms. The summed E-state index contributed by atoms with van der Waals surface area (Å²) in [5.41, 5.74) is -0.463. The molecule has 3 rings (SSSR count). The second-order valence-corrected chi connectivity index (χ2v) is 5.98. The van der Waals surface area contributed by atoms with Gasteiger partial charge < -0.3 is 20.0 Å². The fraction of sp³-hybridized carbons (Fsp3) is 0.353. The molecule has 1 aromatic rings. The minimum absolute atomic E-state index is 0.0989. The van der Waals surface area contributed by atoms with Crippen molar-refractivity contribution in [1.82, 2.24) is 5.32 Å². The van der Waals surface area contributed by atoms with Gasteiger partial charge in [0.05, 0.1) is 18.4 Å². The molecule has 0 aromatic heterocycles. The number of amides is 1. The average Bonchev–Trinajstić information content (AvgIpc) is 3.22. The van der Waals surface area contributed by atoms with Crippen molar-refractivity contribution in [2.45, 2.75) is 30.6 Å². The lowest BCUT2D eigenvalue weighted by Gasteiger charge is -2.23. The number of aliphatic carboxylic acids is 1. The van der Waals surface area contributed by atoms with Crippen LogP contribution in [0.3, 0.4) is 0 Å². The second kappa shape index (κ2) is 6.64. The first-order valence-electron chi connectivity index (χ1n) is 7.73. The highest BCUT2D eigenvalue weighted by Crippen LogP contribution is 2.29. The number of nitrogens with one attached hydrogen (secondary N) is 1. The Kier molecular flexibility index (Phi) is 4.54. The van der Waals surface area contributed by atoms with Crippen LogP contribution in [-0.2, 0) is 19.2 Å². The third-order valence-electron chi connectivity index (χ3n) is 4.23. The van der Waals surface area contributed by atoms with Gasteiger partial charge in [-0.2, -0.15) is 0 Å². The molecule has 2 aliphatic rings. The molecule has 0 aliphatic carbocycles. The van der Waals surface area contributed by atoms with Crippen LogP contribution in [0.25, 0.3) is 0 Å². The highest BCUT2D eigenvalue weighted by Gasteiger charge is 2.45. The zero-order chi connectivity index (χ0) is 18.0. The molecule has 1 aromatic carbocycles. The molecule has 25 heavy (non-hydrogen) atoms. The molecule has 0 bridgehead atoms. The largest absolute Gasteiger partial charge is 0.479 e. The van der Waals surface area contributed by atoms with E-state index in [1.165, 1.54) is 18.2 Å². The van der Waals surface area contributed by atoms with Gasteiger partial charge in [-0.05, 0) is 18.2 Å². The number of carbonyl (C=O) groups excluding carboxylic acids is 1. The zero-order valence-corrected chi connectivity index (χ0v) is 13.3. The predicted molar refractivity (Wildman–Crippen MR) is 85.5 cm³/mol. The lowest BCUT2D eigenvalue weighted by molar-refractivity contribution is -0.147. The molecule has 0 saturated carbocycles. The third kappa shape index (κ3) is 3.39. The van der Waals surface area contributed by atoms with E-state index in [0.717, 1.165) is 0 Å². The summed E-state index contributed by atoms with van der Waals surface area (Å²) in [7, 11) is 0. The fourth-order valence-electron chi connectivity index (χ4n) is 2.80. The molecule has 132 valence electrons. The zero-order valence-electron chi connectivity index (χ0n) is 13.3. The molecule has 2 N–H and O–H groups in total. The van der Waals surface area contributed by atoms with Crippen molar-refractivity contribution in [3.8, 4) is 0 Å². The molecule has 8 heteroatoms. The summed E-state index contributed by atoms with van der Waals surface area (Å²) in [6.07, 6.45) is 0.671. The average molecular weight is 348 g/mol. The molecule has 2 heterocycles. The van der Waals surface area contributed by atoms with Crippen LogP contribution in [0.5, 0.6) is 0 Å².